The SMILES string of the molecule is CC[C@@H]1CCc2nn(-c3nc(-c4ccc(Cl)cc4)cs3)c(C(F)(F)F)c2C1. The molecule has 1 aliphatic carbocycles. The number of nitrogens with zero attached hydrogens (tertiary/aromatic N) is 3. The molecule has 0 bridgehead atoms. The quantitative estimate of drug-likeness (QED) is 0.515. The van der Waals surface area contributed by atoms with Crippen molar-refractivity contribution in [3.8, 4) is 16.4 Å². The molecule has 1 aliphatic rings. The summed E-state index contributed by atoms with van der Waals surface area (Å²) in [5.41, 5.74) is 1.63. The molecular weight excluding hydrogens is 395 g/mol. The molecule has 1 aromatic carbocycles. The predicted octanol–water partition coefficient (Wildman–Crippen LogP) is 6.18. The lowest BCUT2D eigenvalue weighted by atomic mass is 9.85. The number of halogens is 4. The first-order valence-corrected chi connectivity index (χ1v) is 10.0. The molecule has 3 nitrogen and oxygen atoms in total. The topological polar surface area (TPSA) is 30.7 Å². The lowest BCUT2D eigenvalue weighted by Crippen LogP contribution is -2.18. The lowest BCUT2D eigenvalue weighted by Gasteiger charge is -2.21. The summed E-state index contributed by atoms with van der Waals surface area (Å²) < 4.78 is 42.6. The Bertz CT molecular complexity index is 960. The first-order chi connectivity index (χ1) is 12.9. The minimum absolute atomic E-state index is 0.231. The number of hydrogen-bond donors (Lipinski definition) is 0. The first kappa shape index (κ1) is 18.5. The second-order valence-corrected chi connectivity index (χ2v) is 8.00. The maximum Gasteiger partial charge on any atom is 0.433 e. The molecule has 1 atom stereocenters. The van der Waals surface area contributed by atoms with Gasteiger partial charge >= 0.3 is 6.18 Å². The van der Waals surface area contributed by atoms with Crippen molar-refractivity contribution in [2.75, 3.05) is 0 Å². The zero-order valence-electron chi connectivity index (χ0n) is 14.6. The van der Waals surface area contributed by atoms with Crippen LogP contribution in [-0.2, 0) is 19.0 Å². The van der Waals surface area contributed by atoms with Crippen LogP contribution < -0.4 is 0 Å². The van der Waals surface area contributed by atoms with Gasteiger partial charge in [0.1, 0.15) is 0 Å². The van der Waals surface area contributed by atoms with Crippen molar-refractivity contribution < 1.29 is 13.2 Å². The molecule has 0 N–H and O–H groups in total. The molecule has 2 aromatic heterocycles. The maximum absolute atomic E-state index is 13.9. The highest BCUT2D eigenvalue weighted by atomic mass is 35.5. The Morgan fingerprint density at radius 2 is 2.00 bits per heavy atom. The van der Waals surface area contributed by atoms with E-state index in [1.165, 1.54) is 0 Å². The van der Waals surface area contributed by atoms with E-state index in [2.05, 4.69) is 10.1 Å². The van der Waals surface area contributed by atoms with Gasteiger partial charge in [-0.1, -0.05) is 37.1 Å². The molecule has 4 rings (SSSR count). The van der Waals surface area contributed by atoms with Crippen LogP contribution in [0.2, 0.25) is 5.02 Å². The Balaban J connectivity index is 1.78. The lowest BCUT2D eigenvalue weighted by molar-refractivity contribution is -0.143. The van der Waals surface area contributed by atoms with Gasteiger partial charge in [-0.15, -0.1) is 11.3 Å². The molecule has 0 saturated heterocycles. The van der Waals surface area contributed by atoms with Gasteiger partial charge in [0, 0.05) is 21.5 Å². The summed E-state index contributed by atoms with van der Waals surface area (Å²) in [5, 5.41) is 6.87. The van der Waals surface area contributed by atoms with Gasteiger partial charge in [0.2, 0.25) is 5.13 Å². The number of hydrogen-bond acceptors (Lipinski definition) is 3. The summed E-state index contributed by atoms with van der Waals surface area (Å²) in [6.45, 7) is 2.02. The molecule has 0 fully saturated rings. The molecule has 27 heavy (non-hydrogen) atoms. The molecule has 0 radical (unpaired) electrons. The Kier molecular flexibility index (Phi) is 4.76. The fraction of sp³-hybridized carbons (Fsp3) is 0.368. The van der Waals surface area contributed by atoms with E-state index in [-0.39, 0.29) is 11.0 Å². The summed E-state index contributed by atoms with van der Waals surface area (Å²) in [4.78, 5) is 4.41. The van der Waals surface area contributed by atoms with Crippen molar-refractivity contribution in [1.82, 2.24) is 14.8 Å². The largest absolute Gasteiger partial charge is 0.433 e. The molecule has 0 spiro atoms. The number of thiazole rings is 1. The highest BCUT2D eigenvalue weighted by Gasteiger charge is 2.42. The summed E-state index contributed by atoms with van der Waals surface area (Å²) >= 11 is 7.05. The van der Waals surface area contributed by atoms with Gasteiger partial charge in [-0.05, 0) is 37.3 Å². The minimum Gasteiger partial charge on any atom is -0.218 e. The number of aryl methyl sites for hydroxylation is 1. The molecule has 0 amide bonds. The van der Waals surface area contributed by atoms with Gasteiger partial charge in [0.05, 0.1) is 11.4 Å². The van der Waals surface area contributed by atoms with Crippen molar-refractivity contribution in [1.29, 1.82) is 0 Å². The van der Waals surface area contributed by atoms with Crippen molar-refractivity contribution in [2.24, 2.45) is 5.92 Å². The average molecular weight is 412 g/mol. The van der Waals surface area contributed by atoms with Gasteiger partial charge in [0.25, 0.3) is 0 Å². The van der Waals surface area contributed by atoms with Crippen LogP contribution in [0.4, 0.5) is 13.2 Å². The highest BCUT2D eigenvalue weighted by molar-refractivity contribution is 7.12. The van der Waals surface area contributed by atoms with E-state index in [0.717, 1.165) is 34.4 Å². The highest BCUT2D eigenvalue weighted by Crippen LogP contribution is 2.40. The zero-order valence-corrected chi connectivity index (χ0v) is 16.1. The van der Waals surface area contributed by atoms with Gasteiger partial charge < -0.3 is 0 Å². The second-order valence-electron chi connectivity index (χ2n) is 6.72. The van der Waals surface area contributed by atoms with E-state index in [1.807, 2.05) is 6.92 Å². The van der Waals surface area contributed by atoms with Crippen LogP contribution in [0.3, 0.4) is 0 Å². The van der Waals surface area contributed by atoms with E-state index in [9.17, 15) is 13.2 Å². The Hall–Kier alpha value is -1.86. The summed E-state index contributed by atoms with van der Waals surface area (Å²) in [5.74, 6) is 0.275. The maximum atomic E-state index is 13.9. The van der Waals surface area contributed by atoms with E-state index in [0.29, 0.717) is 34.8 Å². The van der Waals surface area contributed by atoms with Gasteiger partial charge in [0.15, 0.2) is 5.69 Å². The fourth-order valence-corrected chi connectivity index (χ4v) is 4.45. The van der Waals surface area contributed by atoms with Crippen molar-refractivity contribution >= 4 is 22.9 Å². The molecule has 0 unspecified atom stereocenters. The number of aromatic nitrogens is 3. The number of benzene rings is 1. The van der Waals surface area contributed by atoms with Gasteiger partial charge in [-0.3, -0.25) is 0 Å². The standard InChI is InChI=1S/C19H17ClF3N3S/c1-2-11-3-8-15-14(9-11)17(19(21,22)23)26(25-15)18-24-16(10-27-18)12-4-6-13(20)7-5-12/h4-7,10-11H,2-3,8-9H2,1H3/t11-/m1/s1. The summed E-state index contributed by atoms with van der Waals surface area (Å²) in [6, 6.07) is 7.06. The van der Waals surface area contributed by atoms with Gasteiger partial charge in [-0.2, -0.15) is 18.3 Å². The molecule has 0 saturated carbocycles. The van der Waals surface area contributed by atoms with E-state index >= 15 is 0 Å². The van der Waals surface area contributed by atoms with Crippen LogP contribution in [0.15, 0.2) is 29.6 Å². The van der Waals surface area contributed by atoms with Crippen LogP contribution in [0.25, 0.3) is 16.4 Å². The molecule has 3 aromatic rings. The molecular formula is C19H17ClF3N3S. The van der Waals surface area contributed by atoms with E-state index in [1.54, 1.807) is 29.6 Å². The number of rotatable bonds is 3. The van der Waals surface area contributed by atoms with Crippen LogP contribution in [0, 0.1) is 5.92 Å². The van der Waals surface area contributed by atoms with Gasteiger partial charge in [-0.25, -0.2) is 9.67 Å². The van der Waals surface area contributed by atoms with Crippen LogP contribution in [0.5, 0.6) is 0 Å². The van der Waals surface area contributed by atoms with Crippen LogP contribution in [0.1, 0.15) is 36.7 Å². The average Bonchev–Trinajstić information content (AvgIpc) is 3.25. The van der Waals surface area contributed by atoms with Crippen molar-refractivity contribution in [2.45, 2.75) is 38.8 Å². The molecule has 2 heterocycles. The third-order valence-electron chi connectivity index (χ3n) is 5.01. The Morgan fingerprint density at radius 1 is 1.26 bits per heavy atom. The third kappa shape index (κ3) is 3.50. The van der Waals surface area contributed by atoms with Crippen LogP contribution >= 0.6 is 22.9 Å². The molecule has 8 heteroatoms. The fourth-order valence-electron chi connectivity index (χ4n) is 3.54. The monoisotopic (exact) mass is 411 g/mol. The normalized spacial score (nSPS) is 17.1. The zero-order chi connectivity index (χ0) is 19.2. The Morgan fingerprint density at radius 3 is 2.67 bits per heavy atom. The Labute approximate surface area is 163 Å². The minimum atomic E-state index is -4.47. The first-order valence-electron chi connectivity index (χ1n) is 8.76. The van der Waals surface area contributed by atoms with Crippen LogP contribution in [-0.4, -0.2) is 14.8 Å². The summed E-state index contributed by atoms with van der Waals surface area (Å²) in [7, 11) is 0. The molecule has 142 valence electrons. The van der Waals surface area contributed by atoms with Crippen molar-refractivity contribution in [3.05, 3.63) is 51.6 Å². The predicted molar refractivity (Wildman–Crippen MR) is 100 cm³/mol. The second kappa shape index (κ2) is 6.95. The van der Waals surface area contributed by atoms with E-state index < -0.39 is 11.9 Å². The smallest absolute Gasteiger partial charge is 0.218 e. The number of alkyl halides is 3. The summed E-state index contributed by atoms with van der Waals surface area (Å²) in [6.07, 6.45) is -1.71. The molecule has 0 aliphatic heterocycles. The van der Waals surface area contributed by atoms with E-state index in [4.69, 9.17) is 11.6 Å². The number of fused-ring (bicyclic) bond motifs is 1. The van der Waals surface area contributed by atoms with Crippen molar-refractivity contribution in [3.63, 3.8) is 0 Å². The third-order valence-corrected chi connectivity index (χ3v) is 6.08.